The van der Waals surface area contributed by atoms with Crippen molar-refractivity contribution >= 4 is 27.5 Å². The van der Waals surface area contributed by atoms with Gasteiger partial charge in [-0.05, 0) is 18.2 Å². The summed E-state index contributed by atoms with van der Waals surface area (Å²) in [7, 11) is -3.25. The van der Waals surface area contributed by atoms with Crippen LogP contribution in [0.5, 0.6) is 0 Å². The van der Waals surface area contributed by atoms with Gasteiger partial charge in [0.15, 0.2) is 0 Å². The number of rotatable bonds is 8. The van der Waals surface area contributed by atoms with E-state index in [9.17, 15) is 8.42 Å². The van der Waals surface area contributed by atoms with Crippen LogP contribution in [0, 0.1) is 0 Å². The molecule has 4 N–H and O–H groups in total. The molecule has 0 saturated carbocycles. The van der Waals surface area contributed by atoms with Crippen molar-refractivity contribution in [3.63, 3.8) is 0 Å². The second-order valence-electron chi connectivity index (χ2n) is 4.46. The van der Waals surface area contributed by atoms with Crippen molar-refractivity contribution in [3.05, 3.63) is 42.5 Å². The molecule has 0 spiro atoms. The minimum Gasteiger partial charge on any atom is -0.399 e. The van der Waals surface area contributed by atoms with E-state index in [1.54, 1.807) is 18.6 Å². The molecule has 1 aromatic carbocycles. The zero-order valence-corrected chi connectivity index (χ0v) is 13.1. The standard InChI is InChI=1S/C13H18N4O2S2/c14-11-2-1-3-13(8-11)20-6-7-21(18,19)17-5-4-12-9-15-10-16-12/h1-3,8-10,17H,4-7,14H2,(H,15,16). The van der Waals surface area contributed by atoms with Gasteiger partial charge in [0, 0.05) is 41.2 Å². The van der Waals surface area contributed by atoms with Crippen LogP contribution in [0.3, 0.4) is 0 Å². The maximum atomic E-state index is 11.8. The van der Waals surface area contributed by atoms with Gasteiger partial charge in [0.25, 0.3) is 0 Å². The van der Waals surface area contributed by atoms with Crippen LogP contribution in [-0.4, -0.2) is 36.4 Å². The molecule has 0 aliphatic rings. The van der Waals surface area contributed by atoms with Gasteiger partial charge in [-0.15, -0.1) is 11.8 Å². The molecule has 1 heterocycles. The van der Waals surface area contributed by atoms with Crippen molar-refractivity contribution in [1.29, 1.82) is 0 Å². The van der Waals surface area contributed by atoms with Gasteiger partial charge >= 0.3 is 0 Å². The van der Waals surface area contributed by atoms with Crippen LogP contribution in [0.15, 0.2) is 41.7 Å². The van der Waals surface area contributed by atoms with Gasteiger partial charge in [-0.25, -0.2) is 18.1 Å². The quantitative estimate of drug-likeness (QED) is 0.500. The fraction of sp³-hybridized carbons (Fsp3) is 0.308. The number of imidazole rings is 1. The van der Waals surface area contributed by atoms with Gasteiger partial charge in [-0.1, -0.05) is 6.07 Å². The number of nitrogens with two attached hydrogens (primary N) is 1. The van der Waals surface area contributed by atoms with Crippen molar-refractivity contribution in [3.8, 4) is 0 Å². The number of nitrogens with zero attached hydrogens (tertiary/aromatic N) is 1. The van der Waals surface area contributed by atoms with E-state index in [-0.39, 0.29) is 5.75 Å². The molecule has 0 bridgehead atoms. The minimum absolute atomic E-state index is 0.0788. The van der Waals surface area contributed by atoms with Crippen LogP contribution in [0.1, 0.15) is 5.69 Å². The molecule has 21 heavy (non-hydrogen) atoms. The van der Waals surface area contributed by atoms with Gasteiger partial charge in [-0.3, -0.25) is 0 Å². The zero-order valence-electron chi connectivity index (χ0n) is 11.5. The third kappa shape index (κ3) is 5.78. The van der Waals surface area contributed by atoms with Gasteiger partial charge in [0.2, 0.25) is 10.0 Å². The van der Waals surface area contributed by atoms with Gasteiger partial charge in [0.05, 0.1) is 12.1 Å². The molecule has 0 atom stereocenters. The summed E-state index contributed by atoms with van der Waals surface area (Å²) >= 11 is 1.48. The molecular weight excluding hydrogens is 308 g/mol. The van der Waals surface area contributed by atoms with E-state index < -0.39 is 10.0 Å². The number of aromatic nitrogens is 2. The van der Waals surface area contributed by atoms with E-state index in [1.165, 1.54) is 11.8 Å². The van der Waals surface area contributed by atoms with Gasteiger partial charge in [-0.2, -0.15) is 0 Å². The number of aromatic amines is 1. The SMILES string of the molecule is Nc1cccc(SCCS(=O)(=O)NCCc2cnc[nH]2)c1. The predicted molar refractivity (Wildman–Crippen MR) is 85.7 cm³/mol. The molecule has 0 aliphatic heterocycles. The average molecular weight is 326 g/mol. The Balaban J connectivity index is 1.71. The number of thioether (sulfide) groups is 1. The molecule has 6 nitrogen and oxygen atoms in total. The molecule has 1 aromatic heterocycles. The van der Waals surface area contributed by atoms with E-state index in [2.05, 4.69) is 14.7 Å². The number of benzene rings is 1. The highest BCUT2D eigenvalue weighted by molar-refractivity contribution is 8.00. The summed E-state index contributed by atoms with van der Waals surface area (Å²) in [5, 5.41) is 0. The Morgan fingerprint density at radius 3 is 2.95 bits per heavy atom. The zero-order chi connectivity index (χ0) is 15.1. The first-order valence-corrected chi connectivity index (χ1v) is 9.12. The predicted octanol–water partition coefficient (Wildman–Crippen LogP) is 1.25. The minimum atomic E-state index is -3.25. The first-order chi connectivity index (χ1) is 10.1. The molecule has 0 saturated heterocycles. The normalized spacial score (nSPS) is 11.6. The average Bonchev–Trinajstić information content (AvgIpc) is 2.91. The van der Waals surface area contributed by atoms with E-state index in [4.69, 9.17) is 5.73 Å². The summed E-state index contributed by atoms with van der Waals surface area (Å²) in [4.78, 5) is 7.79. The number of H-pyrrole nitrogens is 1. The third-order valence-electron chi connectivity index (χ3n) is 2.75. The highest BCUT2D eigenvalue weighted by Gasteiger charge is 2.10. The summed E-state index contributed by atoms with van der Waals surface area (Å²) in [6, 6.07) is 7.41. The molecule has 0 aliphatic carbocycles. The summed E-state index contributed by atoms with van der Waals surface area (Å²) in [5.41, 5.74) is 7.27. The van der Waals surface area contributed by atoms with Crippen LogP contribution in [-0.2, 0) is 16.4 Å². The first kappa shape index (κ1) is 15.9. The van der Waals surface area contributed by atoms with Crippen LogP contribution >= 0.6 is 11.8 Å². The molecule has 0 fully saturated rings. The maximum absolute atomic E-state index is 11.8. The van der Waals surface area contributed by atoms with Crippen molar-refractivity contribution < 1.29 is 8.42 Å². The smallest absolute Gasteiger partial charge is 0.212 e. The van der Waals surface area contributed by atoms with Crippen molar-refractivity contribution in [2.75, 3.05) is 23.8 Å². The number of nitrogen functional groups attached to an aromatic ring is 1. The lowest BCUT2D eigenvalue weighted by molar-refractivity contribution is 0.583. The Morgan fingerprint density at radius 2 is 2.24 bits per heavy atom. The number of hydrogen-bond acceptors (Lipinski definition) is 5. The fourth-order valence-electron chi connectivity index (χ4n) is 1.71. The molecule has 8 heteroatoms. The highest BCUT2D eigenvalue weighted by Crippen LogP contribution is 2.20. The highest BCUT2D eigenvalue weighted by atomic mass is 32.2. The van der Waals surface area contributed by atoms with E-state index in [0.29, 0.717) is 24.4 Å². The maximum Gasteiger partial charge on any atom is 0.212 e. The van der Waals surface area contributed by atoms with Gasteiger partial charge < -0.3 is 10.7 Å². The monoisotopic (exact) mass is 326 g/mol. The van der Waals surface area contributed by atoms with Crippen molar-refractivity contribution in [2.45, 2.75) is 11.3 Å². The number of sulfonamides is 1. The second-order valence-corrected chi connectivity index (χ2v) is 7.56. The molecule has 2 aromatic rings. The van der Waals surface area contributed by atoms with Crippen LogP contribution in [0.4, 0.5) is 5.69 Å². The Kier molecular flexibility index (Phi) is 5.66. The van der Waals surface area contributed by atoms with Crippen molar-refractivity contribution in [1.82, 2.24) is 14.7 Å². The Labute approximate surface area is 128 Å². The largest absolute Gasteiger partial charge is 0.399 e. The van der Waals surface area contributed by atoms with E-state index >= 15 is 0 Å². The molecule has 0 amide bonds. The first-order valence-electron chi connectivity index (χ1n) is 6.48. The summed E-state index contributed by atoms with van der Waals surface area (Å²) in [5.74, 6) is 0.568. The summed E-state index contributed by atoms with van der Waals surface area (Å²) in [6.45, 7) is 0.369. The molecular formula is C13H18N4O2S2. The molecule has 0 radical (unpaired) electrons. The summed E-state index contributed by atoms with van der Waals surface area (Å²) in [6.07, 6.45) is 3.86. The number of anilines is 1. The van der Waals surface area contributed by atoms with E-state index in [1.807, 2.05) is 18.2 Å². The third-order valence-corrected chi connectivity index (χ3v) is 5.39. The second kappa shape index (κ2) is 7.48. The Hall–Kier alpha value is -1.51. The molecule has 0 unspecified atom stereocenters. The number of hydrogen-bond donors (Lipinski definition) is 3. The van der Waals surface area contributed by atoms with Crippen LogP contribution in [0.2, 0.25) is 0 Å². The summed E-state index contributed by atoms with van der Waals surface area (Å²) < 4.78 is 26.3. The Bertz CT molecular complexity index is 657. The molecule has 2 rings (SSSR count). The fourth-order valence-corrected chi connectivity index (χ4v) is 4.11. The molecule has 114 valence electrons. The lowest BCUT2D eigenvalue weighted by Gasteiger charge is -2.06. The van der Waals surface area contributed by atoms with Gasteiger partial charge in [0.1, 0.15) is 0 Å². The topological polar surface area (TPSA) is 101 Å². The lowest BCUT2D eigenvalue weighted by Crippen LogP contribution is -2.29. The lowest BCUT2D eigenvalue weighted by atomic mass is 10.3. The Morgan fingerprint density at radius 1 is 1.38 bits per heavy atom. The van der Waals surface area contributed by atoms with E-state index in [0.717, 1.165) is 10.6 Å². The number of nitrogens with one attached hydrogen (secondary N) is 2. The van der Waals surface area contributed by atoms with Crippen LogP contribution in [0.25, 0.3) is 0 Å². The van der Waals surface area contributed by atoms with Crippen LogP contribution < -0.4 is 10.5 Å². The van der Waals surface area contributed by atoms with Crippen molar-refractivity contribution in [2.24, 2.45) is 0 Å².